The number of carbonyl (C=O) groups excluding carboxylic acids is 1. The minimum atomic E-state index is 0. The number of amides is 1. The zero-order valence-corrected chi connectivity index (χ0v) is 25.9. The number of halogens is 3. The summed E-state index contributed by atoms with van der Waals surface area (Å²) in [5.74, 6) is 1.81. The molecule has 3 heterocycles. The highest BCUT2D eigenvalue weighted by Crippen LogP contribution is 2.47. The summed E-state index contributed by atoms with van der Waals surface area (Å²) in [6.45, 7) is 13.4. The Balaban J connectivity index is 0.00000130. The van der Waals surface area contributed by atoms with E-state index in [0.717, 1.165) is 91.6 Å². The van der Waals surface area contributed by atoms with Crippen molar-refractivity contribution in [2.75, 3.05) is 32.7 Å². The van der Waals surface area contributed by atoms with Gasteiger partial charge in [-0.05, 0) is 121 Å². The van der Waals surface area contributed by atoms with Crippen LogP contribution in [0.5, 0.6) is 0 Å². The Bertz CT molecular complexity index is 1030. The summed E-state index contributed by atoms with van der Waals surface area (Å²) in [7, 11) is 0. The molecule has 0 bridgehead atoms. The molecule has 2 unspecified atom stereocenters. The maximum absolute atomic E-state index is 13.2. The molecule has 2 fully saturated rings. The zero-order chi connectivity index (χ0) is 26.5. The van der Waals surface area contributed by atoms with E-state index in [1.807, 2.05) is 0 Å². The van der Waals surface area contributed by atoms with Crippen molar-refractivity contribution in [3.05, 3.63) is 68.2 Å². The van der Waals surface area contributed by atoms with Gasteiger partial charge in [-0.15, -0.1) is 13.2 Å². The molecule has 0 spiro atoms. The second-order valence-electron chi connectivity index (χ2n) is 10.7. The summed E-state index contributed by atoms with van der Waals surface area (Å²) in [6.07, 6.45) is 11.6. The second kappa shape index (κ2) is 14.5. The van der Waals surface area contributed by atoms with Gasteiger partial charge in [-0.2, -0.15) is 0 Å². The Kier molecular flexibility index (Phi) is 12.0. The number of rotatable bonds is 4. The van der Waals surface area contributed by atoms with Gasteiger partial charge in [-0.25, -0.2) is 0 Å². The molecule has 38 heavy (non-hydrogen) atoms. The van der Waals surface area contributed by atoms with E-state index in [9.17, 15) is 4.79 Å². The summed E-state index contributed by atoms with van der Waals surface area (Å²) in [4.78, 5) is 17.8. The van der Waals surface area contributed by atoms with Crippen LogP contribution in [0, 0.1) is 11.8 Å². The van der Waals surface area contributed by atoms with Gasteiger partial charge in [-0.1, -0.05) is 41.9 Å². The first-order chi connectivity index (χ1) is 17.9. The molecular formula is C31H44Br2ClN3O. The van der Waals surface area contributed by atoms with Crippen LogP contribution in [0.4, 0.5) is 0 Å². The molecule has 0 saturated carbocycles. The molecule has 4 nitrogen and oxygen atoms in total. The molecule has 4 aliphatic rings. The number of nitrogens with one attached hydrogen (secondary N) is 1. The fourth-order valence-corrected chi connectivity index (χ4v) is 8.27. The third-order valence-electron chi connectivity index (χ3n) is 8.70. The molecule has 3 aliphatic heterocycles. The van der Waals surface area contributed by atoms with E-state index in [1.165, 1.54) is 16.7 Å². The van der Waals surface area contributed by atoms with E-state index >= 15 is 0 Å². The molecule has 5 rings (SSSR count). The van der Waals surface area contributed by atoms with Crippen molar-refractivity contribution in [2.24, 2.45) is 11.8 Å². The van der Waals surface area contributed by atoms with Gasteiger partial charge in [0.05, 0.1) is 6.04 Å². The molecule has 0 radical (unpaired) electrons. The van der Waals surface area contributed by atoms with Crippen LogP contribution in [-0.4, -0.2) is 54.5 Å². The van der Waals surface area contributed by atoms with E-state index in [2.05, 4.69) is 91.5 Å². The van der Waals surface area contributed by atoms with Crippen molar-refractivity contribution < 1.29 is 4.79 Å². The van der Waals surface area contributed by atoms with Crippen LogP contribution in [0.3, 0.4) is 0 Å². The van der Waals surface area contributed by atoms with Gasteiger partial charge in [0.15, 0.2) is 0 Å². The number of piperidine rings is 2. The van der Waals surface area contributed by atoms with Crippen molar-refractivity contribution in [3.63, 3.8) is 0 Å². The summed E-state index contributed by atoms with van der Waals surface area (Å²) >= 11 is 14.0. The lowest BCUT2D eigenvalue weighted by Gasteiger charge is -2.41. The number of allylic oxidation sites excluding steroid dienone is 2. The average Bonchev–Trinajstić information content (AvgIpc) is 3.07. The Morgan fingerprint density at radius 3 is 2.42 bits per heavy atom. The van der Waals surface area contributed by atoms with Gasteiger partial charge in [0.2, 0.25) is 5.91 Å². The largest absolute Gasteiger partial charge is 0.383 e. The predicted octanol–water partition coefficient (Wildman–Crippen LogP) is 8.07. The predicted molar refractivity (Wildman–Crippen MR) is 169 cm³/mol. The van der Waals surface area contributed by atoms with Gasteiger partial charge in [0.25, 0.3) is 0 Å². The van der Waals surface area contributed by atoms with Crippen LogP contribution in [-0.2, 0) is 11.2 Å². The van der Waals surface area contributed by atoms with Crippen LogP contribution in [0.1, 0.15) is 69.9 Å². The standard InChI is InChI=1S/C28H36Br2ClN3O.C2H4.CH4/c1-2-33-9-5-18(6-10-33)13-25(35)34-11-7-19(8-12-34)27-26-20(15-23(31)16-24(26)30)3-4-21-14-22(29)17-32-28(21)27;1-2;/h14-19,27-28,32H,2-13H2,1H3;1-2H2;1H4. The number of benzene rings is 1. The Labute approximate surface area is 252 Å². The van der Waals surface area contributed by atoms with E-state index in [1.54, 1.807) is 0 Å². The van der Waals surface area contributed by atoms with Crippen molar-refractivity contribution >= 4 is 49.4 Å². The summed E-state index contributed by atoms with van der Waals surface area (Å²) < 4.78 is 2.23. The lowest BCUT2D eigenvalue weighted by molar-refractivity contribution is -0.134. The number of likely N-dealkylation sites (tertiary alicyclic amines) is 2. The molecule has 2 atom stereocenters. The van der Waals surface area contributed by atoms with E-state index in [-0.39, 0.29) is 13.5 Å². The molecular weight excluding hydrogens is 626 g/mol. The van der Waals surface area contributed by atoms with Crippen LogP contribution in [0.2, 0.25) is 5.02 Å². The minimum Gasteiger partial charge on any atom is -0.383 e. The highest BCUT2D eigenvalue weighted by molar-refractivity contribution is 9.12. The Hall–Kier alpha value is -1.08. The molecule has 1 aromatic rings. The first kappa shape index (κ1) is 31.4. The molecule has 1 N–H and O–H groups in total. The summed E-state index contributed by atoms with van der Waals surface area (Å²) in [5.41, 5.74) is 4.23. The third kappa shape index (κ3) is 7.16. The minimum absolute atomic E-state index is 0. The lowest BCUT2D eigenvalue weighted by atomic mass is 9.73. The van der Waals surface area contributed by atoms with Crippen molar-refractivity contribution in [1.82, 2.24) is 15.1 Å². The van der Waals surface area contributed by atoms with Crippen LogP contribution >= 0.6 is 43.5 Å². The maximum Gasteiger partial charge on any atom is 0.222 e. The van der Waals surface area contributed by atoms with Gasteiger partial charge in [0.1, 0.15) is 0 Å². The van der Waals surface area contributed by atoms with Gasteiger partial charge >= 0.3 is 0 Å². The van der Waals surface area contributed by atoms with E-state index in [4.69, 9.17) is 11.6 Å². The highest BCUT2D eigenvalue weighted by atomic mass is 79.9. The van der Waals surface area contributed by atoms with E-state index < -0.39 is 0 Å². The quantitative estimate of drug-likeness (QED) is 0.330. The fraction of sp³-hybridized carbons (Fsp3) is 0.581. The van der Waals surface area contributed by atoms with Gasteiger partial charge < -0.3 is 15.1 Å². The fourth-order valence-electron chi connectivity index (χ4n) is 6.71. The number of hydrogen-bond acceptors (Lipinski definition) is 3. The van der Waals surface area contributed by atoms with Crippen molar-refractivity contribution in [3.8, 4) is 0 Å². The normalized spacial score (nSPS) is 24.3. The summed E-state index contributed by atoms with van der Waals surface area (Å²) in [5, 5.41) is 4.52. The number of carbonyl (C=O) groups is 1. The molecule has 7 heteroatoms. The maximum atomic E-state index is 13.2. The molecule has 210 valence electrons. The van der Waals surface area contributed by atoms with Crippen LogP contribution in [0.25, 0.3) is 0 Å². The lowest BCUT2D eigenvalue weighted by Crippen LogP contribution is -2.45. The third-order valence-corrected chi connectivity index (χ3v) is 10.0. The molecule has 0 aromatic heterocycles. The van der Waals surface area contributed by atoms with Crippen molar-refractivity contribution in [2.45, 2.75) is 71.3 Å². The first-order valence-electron chi connectivity index (χ1n) is 13.7. The van der Waals surface area contributed by atoms with E-state index in [0.29, 0.717) is 23.7 Å². The number of nitrogens with zero attached hydrogens (tertiary/aromatic N) is 2. The second-order valence-corrected chi connectivity index (χ2v) is 12.9. The number of fused-ring (bicyclic) bond motifs is 2. The van der Waals surface area contributed by atoms with Crippen molar-refractivity contribution in [1.29, 1.82) is 0 Å². The van der Waals surface area contributed by atoms with Crippen LogP contribution < -0.4 is 5.32 Å². The Morgan fingerprint density at radius 2 is 1.76 bits per heavy atom. The number of hydrogen-bond donors (Lipinski definition) is 1. The topological polar surface area (TPSA) is 35.6 Å². The van der Waals surface area contributed by atoms with Gasteiger partial charge in [0, 0.05) is 45.6 Å². The number of aryl methyl sites for hydroxylation is 1. The molecule has 1 aliphatic carbocycles. The molecule has 1 amide bonds. The smallest absolute Gasteiger partial charge is 0.222 e. The first-order valence-corrected chi connectivity index (χ1v) is 15.7. The highest BCUT2D eigenvalue weighted by Gasteiger charge is 2.40. The SMILES string of the molecule is C.C=C.CCN1CCC(CC(=O)N2CCC(C3c4c(Br)cc(Cl)cc4CCC4=CC(Br)=CNC43)CC2)CC1. The summed E-state index contributed by atoms with van der Waals surface area (Å²) in [6, 6.07) is 4.50. The number of dihydropyridines is 1. The molecule has 1 aromatic carbocycles. The monoisotopic (exact) mass is 667 g/mol. The average molecular weight is 670 g/mol. The molecule has 2 saturated heterocycles. The van der Waals surface area contributed by atoms with Crippen LogP contribution in [0.15, 0.2) is 52.1 Å². The zero-order valence-electron chi connectivity index (χ0n) is 22.0. The van der Waals surface area contributed by atoms with Gasteiger partial charge in [-0.3, -0.25) is 4.79 Å². The Morgan fingerprint density at radius 1 is 1.08 bits per heavy atom.